The lowest BCUT2D eigenvalue weighted by atomic mass is 9.88. The summed E-state index contributed by atoms with van der Waals surface area (Å²) in [5.41, 5.74) is 1.10. The summed E-state index contributed by atoms with van der Waals surface area (Å²) in [6.45, 7) is 0. The topological polar surface area (TPSA) is 62.2 Å². The van der Waals surface area contributed by atoms with Crippen LogP contribution in [0.15, 0.2) is 41.9 Å². The molecule has 5 heteroatoms. The van der Waals surface area contributed by atoms with E-state index in [1.165, 1.54) is 17.8 Å². The monoisotopic (exact) mass is 344 g/mol. The van der Waals surface area contributed by atoms with Crippen molar-refractivity contribution in [3.8, 4) is 0 Å². The van der Waals surface area contributed by atoms with Gasteiger partial charge in [-0.05, 0) is 24.8 Å². The summed E-state index contributed by atoms with van der Waals surface area (Å²) in [7, 11) is 0. The second-order valence-electron chi connectivity index (χ2n) is 6.45. The first kappa shape index (κ1) is 17.1. The van der Waals surface area contributed by atoms with Crippen molar-refractivity contribution in [1.82, 2.24) is 10.3 Å². The van der Waals surface area contributed by atoms with Crippen LogP contribution in [-0.2, 0) is 11.2 Å². The van der Waals surface area contributed by atoms with Crippen molar-refractivity contribution in [2.24, 2.45) is 5.92 Å². The minimum absolute atomic E-state index is 0.0752. The molecule has 3 rings (SSSR count). The number of nitrogens with one attached hydrogen (secondary N) is 1. The highest BCUT2D eigenvalue weighted by molar-refractivity contribution is 7.09. The molecule has 1 saturated carbocycles. The molecule has 0 saturated heterocycles. The van der Waals surface area contributed by atoms with E-state index in [1.54, 1.807) is 6.20 Å². The molecular formula is C19H24N2O2S. The van der Waals surface area contributed by atoms with Gasteiger partial charge in [0.25, 0.3) is 0 Å². The molecule has 2 N–H and O–H groups in total. The van der Waals surface area contributed by atoms with E-state index in [4.69, 9.17) is 0 Å². The molecule has 0 spiro atoms. The summed E-state index contributed by atoms with van der Waals surface area (Å²) in [4.78, 5) is 16.8. The third-order valence-corrected chi connectivity index (χ3v) is 5.53. The summed E-state index contributed by atoms with van der Waals surface area (Å²) >= 11 is 1.42. The van der Waals surface area contributed by atoms with Crippen LogP contribution < -0.4 is 5.32 Å². The number of hydrogen-bond acceptors (Lipinski definition) is 4. The number of amides is 1. The van der Waals surface area contributed by atoms with E-state index in [9.17, 15) is 9.90 Å². The van der Waals surface area contributed by atoms with E-state index in [1.807, 2.05) is 35.7 Å². The Morgan fingerprint density at radius 3 is 2.67 bits per heavy atom. The molecule has 2 atom stereocenters. The molecule has 4 nitrogen and oxygen atoms in total. The van der Waals surface area contributed by atoms with Crippen LogP contribution in [-0.4, -0.2) is 22.0 Å². The fourth-order valence-electron chi connectivity index (χ4n) is 3.33. The quantitative estimate of drug-likeness (QED) is 0.843. The van der Waals surface area contributed by atoms with Crippen molar-refractivity contribution in [1.29, 1.82) is 0 Å². The van der Waals surface area contributed by atoms with Gasteiger partial charge < -0.3 is 10.4 Å². The van der Waals surface area contributed by atoms with Crippen LogP contribution >= 0.6 is 11.3 Å². The number of hydrogen-bond donors (Lipinski definition) is 2. The Balaban J connectivity index is 1.72. The summed E-state index contributed by atoms with van der Waals surface area (Å²) in [5.74, 6) is 0.159. The maximum absolute atomic E-state index is 12.6. The van der Waals surface area contributed by atoms with E-state index in [2.05, 4.69) is 10.3 Å². The fraction of sp³-hybridized carbons (Fsp3) is 0.474. The Labute approximate surface area is 146 Å². The zero-order chi connectivity index (χ0) is 16.8. The van der Waals surface area contributed by atoms with Gasteiger partial charge in [0.2, 0.25) is 5.91 Å². The standard InChI is InChI=1S/C19H24N2O2S/c22-17(19-20-11-12-24-19)16(13-14-7-3-1-4-8-14)21-18(23)15-9-5-2-6-10-15/h1,3-4,7-8,11-12,15-17,22H,2,5-6,9-10,13H2,(H,21,23). The Bertz CT molecular complexity index is 624. The van der Waals surface area contributed by atoms with Gasteiger partial charge in [-0.2, -0.15) is 0 Å². The van der Waals surface area contributed by atoms with Crippen LogP contribution in [0.5, 0.6) is 0 Å². The lowest BCUT2D eigenvalue weighted by Crippen LogP contribution is -2.44. The van der Waals surface area contributed by atoms with Crippen molar-refractivity contribution in [2.45, 2.75) is 50.7 Å². The fourth-order valence-corrected chi connectivity index (χ4v) is 4.01. The minimum Gasteiger partial charge on any atom is -0.384 e. The third kappa shape index (κ3) is 4.42. The number of carbonyl (C=O) groups excluding carboxylic acids is 1. The molecule has 24 heavy (non-hydrogen) atoms. The van der Waals surface area contributed by atoms with Gasteiger partial charge in [-0.1, -0.05) is 49.6 Å². The number of thiazole rings is 1. The summed E-state index contributed by atoms with van der Waals surface area (Å²) in [6, 6.07) is 9.61. The largest absolute Gasteiger partial charge is 0.384 e. The minimum atomic E-state index is -0.780. The van der Waals surface area contributed by atoms with Gasteiger partial charge in [0.1, 0.15) is 11.1 Å². The molecule has 2 aromatic rings. The lowest BCUT2D eigenvalue weighted by Gasteiger charge is -2.27. The highest BCUT2D eigenvalue weighted by atomic mass is 32.1. The molecule has 0 radical (unpaired) electrons. The molecule has 1 aliphatic rings. The maximum Gasteiger partial charge on any atom is 0.223 e. The van der Waals surface area contributed by atoms with E-state index in [-0.39, 0.29) is 17.9 Å². The predicted molar refractivity (Wildman–Crippen MR) is 95.7 cm³/mol. The summed E-state index contributed by atoms with van der Waals surface area (Å²) in [6.07, 6.45) is 6.88. The second kappa shape index (κ2) is 8.40. The van der Waals surface area contributed by atoms with Crippen molar-refractivity contribution >= 4 is 17.2 Å². The van der Waals surface area contributed by atoms with Gasteiger partial charge in [0, 0.05) is 17.5 Å². The van der Waals surface area contributed by atoms with Crippen LogP contribution in [0.1, 0.15) is 48.8 Å². The van der Waals surface area contributed by atoms with Crippen LogP contribution in [0, 0.1) is 5.92 Å². The summed E-state index contributed by atoms with van der Waals surface area (Å²) < 4.78 is 0. The molecule has 1 aromatic carbocycles. The van der Waals surface area contributed by atoms with Gasteiger partial charge in [0.05, 0.1) is 6.04 Å². The Morgan fingerprint density at radius 1 is 1.25 bits per heavy atom. The Morgan fingerprint density at radius 2 is 2.00 bits per heavy atom. The zero-order valence-corrected chi connectivity index (χ0v) is 14.5. The van der Waals surface area contributed by atoms with Crippen molar-refractivity contribution in [2.75, 3.05) is 0 Å². The number of rotatable bonds is 6. The Hall–Kier alpha value is -1.72. The van der Waals surface area contributed by atoms with E-state index >= 15 is 0 Å². The van der Waals surface area contributed by atoms with Crippen molar-refractivity contribution in [3.63, 3.8) is 0 Å². The first-order chi connectivity index (χ1) is 11.7. The average Bonchev–Trinajstić information content (AvgIpc) is 3.17. The molecule has 0 aliphatic heterocycles. The maximum atomic E-state index is 12.6. The number of benzene rings is 1. The lowest BCUT2D eigenvalue weighted by molar-refractivity contribution is -0.127. The van der Waals surface area contributed by atoms with Gasteiger partial charge >= 0.3 is 0 Å². The predicted octanol–water partition coefficient (Wildman–Crippen LogP) is 3.48. The first-order valence-corrected chi connectivity index (χ1v) is 9.54. The van der Waals surface area contributed by atoms with Gasteiger partial charge in [-0.3, -0.25) is 4.79 Å². The van der Waals surface area contributed by atoms with Crippen LogP contribution in [0.25, 0.3) is 0 Å². The van der Waals surface area contributed by atoms with E-state index in [0.717, 1.165) is 31.2 Å². The highest BCUT2D eigenvalue weighted by Gasteiger charge is 2.28. The highest BCUT2D eigenvalue weighted by Crippen LogP contribution is 2.26. The molecule has 2 unspecified atom stereocenters. The second-order valence-corrected chi connectivity index (χ2v) is 7.38. The first-order valence-electron chi connectivity index (χ1n) is 8.66. The average molecular weight is 344 g/mol. The number of aliphatic hydroxyl groups is 1. The van der Waals surface area contributed by atoms with Gasteiger partial charge in [-0.15, -0.1) is 11.3 Å². The number of aromatic nitrogens is 1. The number of carbonyl (C=O) groups is 1. The number of aliphatic hydroxyl groups excluding tert-OH is 1. The molecule has 1 fully saturated rings. The molecule has 128 valence electrons. The zero-order valence-electron chi connectivity index (χ0n) is 13.7. The Kier molecular flexibility index (Phi) is 5.99. The smallest absolute Gasteiger partial charge is 0.223 e. The molecule has 1 amide bonds. The van der Waals surface area contributed by atoms with Gasteiger partial charge in [0.15, 0.2) is 0 Å². The molecule has 1 heterocycles. The van der Waals surface area contributed by atoms with Crippen LogP contribution in [0.3, 0.4) is 0 Å². The van der Waals surface area contributed by atoms with Crippen LogP contribution in [0.2, 0.25) is 0 Å². The van der Waals surface area contributed by atoms with E-state index < -0.39 is 6.10 Å². The van der Waals surface area contributed by atoms with Crippen molar-refractivity contribution < 1.29 is 9.90 Å². The molecular weight excluding hydrogens is 320 g/mol. The molecule has 1 aromatic heterocycles. The third-order valence-electron chi connectivity index (χ3n) is 4.69. The summed E-state index contributed by atoms with van der Waals surface area (Å²) in [5, 5.41) is 16.3. The van der Waals surface area contributed by atoms with Gasteiger partial charge in [-0.25, -0.2) is 4.98 Å². The van der Waals surface area contributed by atoms with Crippen LogP contribution in [0.4, 0.5) is 0 Å². The number of nitrogens with zero attached hydrogens (tertiary/aromatic N) is 1. The van der Waals surface area contributed by atoms with Crippen molar-refractivity contribution in [3.05, 3.63) is 52.5 Å². The van der Waals surface area contributed by atoms with E-state index in [0.29, 0.717) is 11.4 Å². The molecule has 1 aliphatic carbocycles. The SMILES string of the molecule is O=C(NC(Cc1ccccc1)C(O)c1nccs1)C1CCCCC1. The molecule has 0 bridgehead atoms. The normalized spacial score (nSPS) is 18.0.